The lowest BCUT2D eigenvalue weighted by atomic mass is 10.1. The Balaban J connectivity index is 1.84. The molecule has 0 heterocycles. The molecule has 0 N–H and O–H groups in total. The van der Waals surface area contributed by atoms with Crippen LogP contribution in [0.25, 0.3) is 0 Å². The number of hydrogen-bond acceptors (Lipinski definition) is 3. The van der Waals surface area contributed by atoms with Crippen molar-refractivity contribution in [3.8, 4) is 0 Å². The summed E-state index contributed by atoms with van der Waals surface area (Å²) in [6.07, 6.45) is 2.60. The van der Waals surface area contributed by atoms with Crippen LogP contribution < -0.4 is 0 Å². The van der Waals surface area contributed by atoms with Crippen molar-refractivity contribution in [3.05, 3.63) is 34.6 Å². The van der Waals surface area contributed by atoms with E-state index >= 15 is 0 Å². The Morgan fingerprint density at radius 1 is 1.53 bits per heavy atom. The second-order valence-corrected chi connectivity index (χ2v) is 6.32. The van der Waals surface area contributed by atoms with Crippen molar-refractivity contribution in [2.45, 2.75) is 25.0 Å². The molecule has 0 atom stereocenters. The maximum atomic E-state index is 13.3. The maximum absolute atomic E-state index is 13.3. The normalized spacial score (nSPS) is 16.2. The standard InChI is InChI=1S/C14H16ClFO2S/c1-18-12(17)7-14(5-6-14)9-19-8-10-3-2-4-11(16)13(10)15/h2-4H,5-9H2,1H3. The van der Waals surface area contributed by atoms with E-state index in [0.717, 1.165) is 24.2 Å². The summed E-state index contributed by atoms with van der Waals surface area (Å²) in [6, 6.07) is 4.85. The van der Waals surface area contributed by atoms with Gasteiger partial charge in [-0.05, 0) is 35.6 Å². The summed E-state index contributed by atoms with van der Waals surface area (Å²) in [6.45, 7) is 0. The van der Waals surface area contributed by atoms with Crippen LogP contribution in [-0.4, -0.2) is 18.8 Å². The SMILES string of the molecule is COC(=O)CC1(CSCc2cccc(F)c2Cl)CC1. The van der Waals surface area contributed by atoms with E-state index in [2.05, 4.69) is 0 Å². The number of halogens is 2. The Labute approximate surface area is 121 Å². The van der Waals surface area contributed by atoms with Crippen LogP contribution >= 0.6 is 23.4 Å². The molecular weight excluding hydrogens is 287 g/mol. The highest BCUT2D eigenvalue weighted by atomic mass is 35.5. The van der Waals surface area contributed by atoms with Gasteiger partial charge in [-0.3, -0.25) is 4.79 Å². The van der Waals surface area contributed by atoms with Crippen molar-refractivity contribution in [1.29, 1.82) is 0 Å². The fourth-order valence-corrected chi connectivity index (χ4v) is 3.62. The molecule has 0 bridgehead atoms. The molecule has 0 saturated heterocycles. The first-order valence-electron chi connectivity index (χ1n) is 6.14. The predicted molar refractivity (Wildman–Crippen MR) is 75.9 cm³/mol. The first kappa shape index (κ1) is 14.7. The van der Waals surface area contributed by atoms with Crippen LogP contribution in [0.5, 0.6) is 0 Å². The number of carbonyl (C=O) groups excluding carboxylic acids is 1. The van der Waals surface area contributed by atoms with Gasteiger partial charge in [0.15, 0.2) is 0 Å². The Kier molecular flexibility index (Phi) is 4.74. The van der Waals surface area contributed by atoms with Gasteiger partial charge < -0.3 is 4.74 Å². The van der Waals surface area contributed by atoms with Crippen LogP contribution in [0.2, 0.25) is 5.02 Å². The van der Waals surface area contributed by atoms with E-state index in [9.17, 15) is 9.18 Å². The van der Waals surface area contributed by atoms with E-state index in [-0.39, 0.29) is 22.2 Å². The third-order valence-corrected chi connectivity index (χ3v) is 5.16. The molecule has 1 aromatic carbocycles. The molecule has 104 valence electrons. The van der Waals surface area contributed by atoms with Gasteiger partial charge in [-0.15, -0.1) is 0 Å². The average Bonchev–Trinajstić information content (AvgIpc) is 3.14. The summed E-state index contributed by atoms with van der Waals surface area (Å²) >= 11 is 7.60. The van der Waals surface area contributed by atoms with E-state index in [1.54, 1.807) is 17.8 Å². The Hall–Kier alpha value is -0.740. The van der Waals surface area contributed by atoms with Gasteiger partial charge in [0.1, 0.15) is 5.82 Å². The van der Waals surface area contributed by atoms with Gasteiger partial charge in [-0.25, -0.2) is 4.39 Å². The van der Waals surface area contributed by atoms with Crippen molar-refractivity contribution >= 4 is 29.3 Å². The van der Waals surface area contributed by atoms with Crippen molar-refractivity contribution < 1.29 is 13.9 Å². The van der Waals surface area contributed by atoms with Crippen molar-refractivity contribution in [2.75, 3.05) is 12.9 Å². The summed E-state index contributed by atoms with van der Waals surface area (Å²) in [7, 11) is 1.41. The van der Waals surface area contributed by atoms with E-state index in [1.165, 1.54) is 13.2 Å². The number of esters is 1. The number of benzene rings is 1. The minimum absolute atomic E-state index is 0.0948. The molecule has 1 aliphatic rings. The van der Waals surface area contributed by atoms with Crippen molar-refractivity contribution in [3.63, 3.8) is 0 Å². The quantitative estimate of drug-likeness (QED) is 0.741. The Morgan fingerprint density at radius 2 is 2.26 bits per heavy atom. The highest BCUT2D eigenvalue weighted by Gasteiger charge is 2.44. The van der Waals surface area contributed by atoms with Gasteiger partial charge in [0.05, 0.1) is 18.6 Å². The largest absolute Gasteiger partial charge is 0.469 e. The maximum Gasteiger partial charge on any atom is 0.306 e. The molecule has 0 spiro atoms. The summed E-state index contributed by atoms with van der Waals surface area (Å²) in [5.74, 6) is 1.02. The molecule has 5 heteroatoms. The average molecular weight is 303 g/mol. The fraction of sp³-hybridized carbons (Fsp3) is 0.500. The van der Waals surface area contributed by atoms with Gasteiger partial charge in [0.25, 0.3) is 0 Å². The highest BCUT2D eigenvalue weighted by molar-refractivity contribution is 7.98. The number of ether oxygens (including phenoxy) is 1. The molecule has 2 nitrogen and oxygen atoms in total. The zero-order valence-corrected chi connectivity index (χ0v) is 12.3. The third-order valence-electron chi connectivity index (χ3n) is 3.40. The van der Waals surface area contributed by atoms with Crippen molar-refractivity contribution in [1.82, 2.24) is 0 Å². The molecular formula is C14H16ClFO2S. The molecule has 0 aliphatic heterocycles. The molecule has 1 fully saturated rings. The number of hydrogen-bond donors (Lipinski definition) is 0. The second kappa shape index (κ2) is 6.14. The highest BCUT2D eigenvalue weighted by Crippen LogP contribution is 2.51. The first-order chi connectivity index (χ1) is 9.06. The lowest BCUT2D eigenvalue weighted by Crippen LogP contribution is -2.13. The van der Waals surface area contributed by atoms with Crippen LogP contribution in [0.3, 0.4) is 0 Å². The van der Waals surface area contributed by atoms with Gasteiger partial charge in [-0.2, -0.15) is 11.8 Å². The zero-order chi connectivity index (χ0) is 13.9. The monoisotopic (exact) mass is 302 g/mol. The molecule has 2 rings (SSSR count). The van der Waals surface area contributed by atoms with Gasteiger partial charge in [0, 0.05) is 5.75 Å². The Morgan fingerprint density at radius 3 is 2.89 bits per heavy atom. The van der Waals surface area contributed by atoms with Gasteiger partial charge in [0.2, 0.25) is 0 Å². The van der Waals surface area contributed by atoms with E-state index < -0.39 is 0 Å². The van der Waals surface area contributed by atoms with Crippen LogP contribution in [0, 0.1) is 11.2 Å². The van der Waals surface area contributed by atoms with E-state index in [4.69, 9.17) is 16.3 Å². The lowest BCUT2D eigenvalue weighted by Gasteiger charge is -2.13. The van der Waals surface area contributed by atoms with Crippen LogP contribution in [0.1, 0.15) is 24.8 Å². The molecule has 0 amide bonds. The summed E-state index contributed by atoms with van der Waals surface area (Å²) in [4.78, 5) is 11.3. The number of rotatable bonds is 6. The minimum Gasteiger partial charge on any atom is -0.469 e. The van der Waals surface area contributed by atoms with Crippen molar-refractivity contribution in [2.24, 2.45) is 5.41 Å². The minimum atomic E-state index is -0.379. The molecule has 1 aromatic rings. The molecule has 0 radical (unpaired) electrons. The Bertz CT molecular complexity index is 475. The summed E-state index contributed by atoms with van der Waals surface area (Å²) in [5.41, 5.74) is 0.901. The van der Waals surface area contributed by atoms with Gasteiger partial charge in [-0.1, -0.05) is 23.7 Å². The van der Waals surface area contributed by atoms with Crippen LogP contribution in [0.15, 0.2) is 18.2 Å². The lowest BCUT2D eigenvalue weighted by molar-refractivity contribution is -0.141. The van der Waals surface area contributed by atoms with E-state index in [1.807, 2.05) is 6.07 Å². The second-order valence-electron chi connectivity index (χ2n) is 4.96. The first-order valence-corrected chi connectivity index (χ1v) is 7.67. The number of carbonyl (C=O) groups is 1. The van der Waals surface area contributed by atoms with Gasteiger partial charge >= 0.3 is 5.97 Å². The predicted octanol–water partition coefficient (Wildman–Crippen LogP) is 4.06. The van der Waals surface area contributed by atoms with Crippen LogP contribution in [-0.2, 0) is 15.3 Å². The smallest absolute Gasteiger partial charge is 0.306 e. The summed E-state index contributed by atoms with van der Waals surface area (Å²) < 4.78 is 18.0. The van der Waals surface area contributed by atoms with E-state index in [0.29, 0.717) is 12.2 Å². The molecule has 19 heavy (non-hydrogen) atoms. The topological polar surface area (TPSA) is 26.3 Å². The molecule has 0 aromatic heterocycles. The van der Waals surface area contributed by atoms with Crippen LogP contribution in [0.4, 0.5) is 4.39 Å². The summed E-state index contributed by atoms with van der Waals surface area (Å²) in [5, 5.41) is 0.202. The fourth-order valence-electron chi connectivity index (χ4n) is 1.96. The molecule has 1 saturated carbocycles. The number of methoxy groups -OCH3 is 1. The third kappa shape index (κ3) is 3.86. The molecule has 1 aliphatic carbocycles. The zero-order valence-electron chi connectivity index (χ0n) is 10.7. The molecule has 0 unspecified atom stereocenters. The number of thioether (sulfide) groups is 1.